The Morgan fingerprint density at radius 1 is 1.24 bits per heavy atom. The van der Waals surface area contributed by atoms with Gasteiger partial charge in [-0.15, -0.1) is 10.2 Å². The first-order valence-electron chi connectivity index (χ1n) is 9.30. The number of aromatic nitrogens is 3. The second-order valence-corrected chi connectivity index (χ2v) is 7.24. The van der Waals surface area contributed by atoms with Crippen molar-refractivity contribution in [3.05, 3.63) is 58.1 Å². The number of non-ortho nitro benzene ring substituents is 1. The molecule has 1 heterocycles. The number of ether oxygens (including phenoxy) is 2. The van der Waals surface area contributed by atoms with E-state index in [0.717, 1.165) is 16.4 Å². The highest BCUT2D eigenvalue weighted by atomic mass is 32.2. The molecule has 0 saturated heterocycles. The summed E-state index contributed by atoms with van der Waals surface area (Å²) < 4.78 is 11.5. The van der Waals surface area contributed by atoms with Gasteiger partial charge in [0, 0.05) is 18.2 Å². The molecule has 1 aromatic heterocycles. The quantitative estimate of drug-likeness (QED) is 0.130. The first-order valence-corrected chi connectivity index (χ1v) is 10.3. The number of carbonyl (C=O) groups is 1. The Bertz CT molecular complexity index is 1170. The minimum Gasteiger partial charge on any atom is -0.497 e. The molecule has 0 bridgehead atoms. The largest absolute Gasteiger partial charge is 0.497 e. The number of hydrogen-bond acceptors (Lipinski definition) is 11. The van der Waals surface area contributed by atoms with Gasteiger partial charge in [-0.05, 0) is 29.8 Å². The third-order valence-electron chi connectivity index (χ3n) is 4.16. The van der Waals surface area contributed by atoms with E-state index in [1.165, 1.54) is 32.6 Å². The van der Waals surface area contributed by atoms with E-state index in [9.17, 15) is 14.9 Å². The van der Waals surface area contributed by atoms with Crippen LogP contribution >= 0.6 is 11.8 Å². The number of hydrazone groups is 1. The molecule has 0 radical (unpaired) electrons. The maximum absolute atomic E-state index is 12.3. The van der Waals surface area contributed by atoms with Crippen LogP contribution in [0.15, 0.2) is 52.7 Å². The van der Waals surface area contributed by atoms with Crippen LogP contribution in [0.4, 0.5) is 17.3 Å². The van der Waals surface area contributed by atoms with Gasteiger partial charge in [0.1, 0.15) is 11.5 Å². The van der Waals surface area contributed by atoms with Gasteiger partial charge in [0.15, 0.2) is 0 Å². The number of nitro groups is 1. The molecule has 13 nitrogen and oxygen atoms in total. The summed E-state index contributed by atoms with van der Waals surface area (Å²) >= 11 is 1.08. The lowest BCUT2D eigenvalue weighted by Crippen LogP contribution is -2.17. The van der Waals surface area contributed by atoms with Gasteiger partial charge in [-0.25, -0.2) is 10.1 Å². The van der Waals surface area contributed by atoms with Crippen molar-refractivity contribution in [2.75, 3.05) is 36.6 Å². The van der Waals surface area contributed by atoms with E-state index in [0.29, 0.717) is 27.9 Å². The number of thioether (sulfide) groups is 1. The lowest BCUT2D eigenvalue weighted by atomic mass is 10.2. The number of nitrogens with zero attached hydrogens (tertiary/aromatic N) is 5. The van der Waals surface area contributed by atoms with E-state index in [-0.39, 0.29) is 23.3 Å². The number of carbonyl (C=O) groups excluding carboxylic acids is 1. The van der Waals surface area contributed by atoms with Crippen LogP contribution in [0.5, 0.6) is 11.5 Å². The van der Waals surface area contributed by atoms with Gasteiger partial charge in [0.2, 0.25) is 11.1 Å². The van der Waals surface area contributed by atoms with Crippen molar-refractivity contribution in [1.82, 2.24) is 14.9 Å². The summed E-state index contributed by atoms with van der Waals surface area (Å²) in [4.78, 5) is 22.5. The summed E-state index contributed by atoms with van der Waals surface area (Å²) in [6, 6.07) is 10.9. The number of nitrogen functional groups attached to an aromatic ring is 1. The van der Waals surface area contributed by atoms with Crippen molar-refractivity contribution >= 4 is 41.2 Å². The molecular formula is C19H20N8O5S. The second kappa shape index (κ2) is 10.8. The average molecular weight is 472 g/mol. The van der Waals surface area contributed by atoms with Gasteiger partial charge < -0.3 is 20.6 Å². The molecule has 172 valence electrons. The van der Waals surface area contributed by atoms with Crippen LogP contribution < -0.4 is 26.1 Å². The molecule has 0 atom stereocenters. The van der Waals surface area contributed by atoms with Crippen LogP contribution in [-0.2, 0) is 4.79 Å². The normalized spacial score (nSPS) is 10.7. The highest BCUT2D eigenvalue weighted by molar-refractivity contribution is 7.99. The molecule has 0 spiro atoms. The highest BCUT2D eigenvalue weighted by Crippen LogP contribution is 2.29. The third kappa shape index (κ3) is 6.10. The van der Waals surface area contributed by atoms with Crippen LogP contribution in [0.1, 0.15) is 5.56 Å². The first kappa shape index (κ1) is 23.3. The van der Waals surface area contributed by atoms with E-state index < -0.39 is 4.92 Å². The molecular weight excluding hydrogens is 452 g/mol. The molecule has 0 saturated carbocycles. The fourth-order valence-electron chi connectivity index (χ4n) is 2.52. The lowest BCUT2D eigenvalue weighted by Gasteiger charge is -2.11. The van der Waals surface area contributed by atoms with Crippen molar-refractivity contribution in [2.45, 2.75) is 5.16 Å². The molecule has 0 aliphatic heterocycles. The van der Waals surface area contributed by atoms with E-state index >= 15 is 0 Å². The van der Waals surface area contributed by atoms with Crippen molar-refractivity contribution in [3.8, 4) is 11.5 Å². The van der Waals surface area contributed by atoms with Crippen LogP contribution in [0, 0.1) is 10.1 Å². The van der Waals surface area contributed by atoms with E-state index in [2.05, 4.69) is 26.0 Å². The summed E-state index contributed by atoms with van der Waals surface area (Å²) in [6.45, 7) is 0. The van der Waals surface area contributed by atoms with Crippen molar-refractivity contribution in [1.29, 1.82) is 0 Å². The Morgan fingerprint density at radius 2 is 2.00 bits per heavy atom. The van der Waals surface area contributed by atoms with Gasteiger partial charge in [0.25, 0.3) is 11.6 Å². The number of nitrogens with one attached hydrogen (secondary N) is 2. The summed E-state index contributed by atoms with van der Waals surface area (Å²) in [7, 11) is 3.03. The number of methoxy groups -OCH3 is 2. The molecule has 3 aromatic rings. The average Bonchev–Trinajstić information content (AvgIpc) is 3.17. The first-order chi connectivity index (χ1) is 15.9. The summed E-state index contributed by atoms with van der Waals surface area (Å²) in [6.07, 6.45) is 1.45. The minimum atomic E-state index is -0.483. The van der Waals surface area contributed by atoms with E-state index in [1.807, 2.05) is 0 Å². The zero-order valence-electron chi connectivity index (χ0n) is 17.6. The van der Waals surface area contributed by atoms with Crippen molar-refractivity contribution < 1.29 is 19.2 Å². The van der Waals surface area contributed by atoms with E-state index in [1.54, 1.807) is 30.3 Å². The standard InChI is InChI=1S/C19H20N8O5S/c1-31-14-7-8-15(16(9-14)32-2)22-17(28)11-33-19-25-24-18(26(19)20)23-21-10-12-3-5-13(6-4-12)27(29)30/h3-10H,11,20H2,1-2H3,(H,22,28)(H,23,24)/b21-10+. The highest BCUT2D eigenvalue weighted by Gasteiger charge is 2.14. The Labute approximate surface area is 192 Å². The Kier molecular flexibility index (Phi) is 7.64. The number of benzene rings is 2. The number of amides is 1. The van der Waals surface area contributed by atoms with Gasteiger partial charge in [-0.1, -0.05) is 11.8 Å². The second-order valence-electron chi connectivity index (χ2n) is 6.30. The zero-order valence-corrected chi connectivity index (χ0v) is 18.4. The van der Waals surface area contributed by atoms with E-state index in [4.69, 9.17) is 15.3 Å². The number of nitro benzene ring substituents is 1. The van der Waals surface area contributed by atoms with Gasteiger partial charge in [-0.3, -0.25) is 14.9 Å². The van der Waals surface area contributed by atoms with Crippen LogP contribution in [0.2, 0.25) is 0 Å². The number of rotatable bonds is 10. The summed E-state index contributed by atoms with van der Waals surface area (Å²) in [5.41, 5.74) is 3.75. The van der Waals surface area contributed by atoms with Gasteiger partial charge in [0.05, 0.1) is 36.8 Å². The van der Waals surface area contributed by atoms with Crippen LogP contribution in [-0.4, -0.2) is 51.9 Å². The zero-order chi connectivity index (χ0) is 23.8. The Morgan fingerprint density at radius 3 is 2.67 bits per heavy atom. The monoisotopic (exact) mass is 472 g/mol. The van der Waals surface area contributed by atoms with Crippen LogP contribution in [0.25, 0.3) is 0 Å². The Hall–Kier alpha value is -4.33. The maximum atomic E-state index is 12.3. The Balaban J connectivity index is 1.54. The fourth-order valence-corrected chi connectivity index (χ4v) is 3.17. The molecule has 2 aromatic carbocycles. The predicted octanol–water partition coefficient (Wildman–Crippen LogP) is 2.09. The maximum Gasteiger partial charge on any atom is 0.269 e. The fraction of sp³-hybridized carbons (Fsp3) is 0.158. The summed E-state index contributed by atoms with van der Waals surface area (Å²) in [5, 5.41) is 25.5. The lowest BCUT2D eigenvalue weighted by molar-refractivity contribution is -0.384. The number of anilines is 2. The third-order valence-corrected chi connectivity index (χ3v) is 5.10. The number of nitrogens with two attached hydrogens (primary N) is 1. The van der Waals surface area contributed by atoms with Crippen molar-refractivity contribution in [3.63, 3.8) is 0 Å². The molecule has 3 rings (SSSR count). The molecule has 0 fully saturated rings. The SMILES string of the molecule is COc1ccc(NC(=O)CSc2nnc(N/N=C/c3ccc([N+](=O)[O-])cc3)n2N)c(OC)c1. The smallest absolute Gasteiger partial charge is 0.269 e. The van der Waals surface area contributed by atoms with Gasteiger partial charge in [-0.2, -0.15) is 5.10 Å². The molecule has 0 aliphatic carbocycles. The molecule has 33 heavy (non-hydrogen) atoms. The minimum absolute atomic E-state index is 0.0158. The predicted molar refractivity (Wildman–Crippen MR) is 123 cm³/mol. The molecule has 4 N–H and O–H groups in total. The molecule has 0 aliphatic rings. The molecule has 1 amide bonds. The number of hydrogen-bond donors (Lipinski definition) is 3. The molecule has 14 heteroatoms. The van der Waals surface area contributed by atoms with Gasteiger partial charge >= 0.3 is 0 Å². The van der Waals surface area contributed by atoms with Crippen molar-refractivity contribution in [2.24, 2.45) is 5.10 Å². The summed E-state index contributed by atoms with van der Waals surface area (Å²) in [5.74, 6) is 6.89. The van der Waals surface area contributed by atoms with Crippen LogP contribution in [0.3, 0.4) is 0 Å². The molecule has 0 unspecified atom stereocenters. The topological polar surface area (TPSA) is 172 Å².